The number of fused-ring (bicyclic) bond motifs is 1. The first-order valence-electron chi connectivity index (χ1n) is 7.23. The van der Waals surface area contributed by atoms with E-state index in [4.69, 9.17) is 14.0 Å². The molecule has 6 heteroatoms. The molecular weight excluding hydrogens is 284 g/mol. The van der Waals surface area contributed by atoms with E-state index in [1.807, 2.05) is 33.8 Å². The van der Waals surface area contributed by atoms with E-state index in [0.717, 1.165) is 5.39 Å². The van der Waals surface area contributed by atoms with Crippen molar-refractivity contribution in [2.45, 2.75) is 38.9 Å². The van der Waals surface area contributed by atoms with E-state index in [0.29, 0.717) is 16.7 Å². The molecule has 22 heavy (non-hydrogen) atoms. The van der Waals surface area contributed by atoms with Crippen molar-refractivity contribution in [1.29, 1.82) is 0 Å². The van der Waals surface area contributed by atoms with Gasteiger partial charge in [-0.1, -0.05) is 6.07 Å². The predicted molar refractivity (Wildman–Crippen MR) is 84.0 cm³/mol. The molecule has 3 rings (SSSR count). The van der Waals surface area contributed by atoms with Gasteiger partial charge in [0.15, 0.2) is 0 Å². The third kappa shape index (κ3) is 2.27. The molecule has 0 N–H and O–H groups in total. The van der Waals surface area contributed by atoms with Gasteiger partial charge in [0.25, 0.3) is 0 Å². The Morgan fingerprint density at radius 3 is 2.36 bits per heavy atom. The Kier molecular flexibility index (Phi) is 3.42. The lowest BCUT2D eigenvalue weighted by Gasteiger charge is -2.32. The molecule has 1 saturated heterocycles. The number of rotatable bonds is 2. The van der Waals surface area contributed by atoms with Crippen LogP contribution in [0.2, 0.25) is 0 Å². The number of aromatic nitrogens is 1. The summed E-state index contributed by atoms with van der Waals surface area (Å²) in [7, 11) is 0.788. The van der Waals surface area contributed by atoms with Crippen LogP contribution < -0.4 is 10.2 Å². The number of hydrogen-bond donors (Lipinski definition) is 0. The fourth-order valence-corrected chi connectivity index (χ4v) is 2.50. The molecule has 0 aliphatic carbocycles. The standard InChI is InChI=1S/C16H19BFNO3/c1-15(2)16(3,4)22-17(21-15)12-8-10-6-7-19-14(20-5)11(10)9-13(12)18/h6-9H,1-5H3. The van der Waals surface area contributed by atoms with Crippen molar-refractivity contribution in [1.82, 2.24) is 4.98 Å². The smallest absolute Gasteiger partial charge is 0.481 e. The molecule has 1 aromatic carbocycles. The van der Waals surface area contributed by atoms with Gasteiger partial charge in [0.1, 0.15) is 5.82 Å². The number of benzene rings is 1. The minimum Gasteiger partial charge on any atom is -0.481 e. The Labute approximate surface area is 129 Å². The van der Waals surface area contributed by atoms with E-state index < -0.39 is 24.1 Å². The van der Waals surface area contributed by atoms with Gasteiger partial charge >= 0.3 is 7.12 Å². The van der Waals surface area contributed by atoms with Gasteiger partial charge in [-0.3, -0.25) is 0 Å². The van der Waals surface area contributed by atoms with Gasteiger partial charge < -0.3 is 14.0 Å². The van der Waals surface area contributed by atoms with Crippen molar-refractivity contribution in [2.24, 2.45) is 0 Å². The van der Waals surface area contributed by atoms with Gasteiger partial charge in [-0.25, -0.2) is 9.37 Å². The van der Waals surface area contributed by atoms with Crippen LogP contribution in [0.15, 0.2) is 24.4 Å². The Bertz CT molecular complexity index is 717. The van der Waals surface area contributed by atoms with Crippen molar-refractivity contribution in [3.63, 3.8) is 0 Å². The first kappa shape index (κ1) is 15.2. The Balaban J connectivity index is 2.08. The van der Waals surface area contributed by atoms with Crippen LogP contribution in [0.1, 0.15) is 27.7 Å². The average Bonchev–Trinajstić information content (AvgIpc) is 2.66. The molecule has 0 saturated carbocycles. The highest BCUT2D eigenvalue weighted by Gasteiger charge is 2.52. The fourth-order valence-electron chi connectivity index (χ4n) is 2.50. The number of methoxy groups -OCH3 is 1. The molecule has 0 atom stereocenters. The van der Waals surface area contributed by atoms with Crippen LogP contribution in [0.4, 0.5) is 4.39 Å². The lowest BCUT2D eigenvalue weighted by Crippen LogP contribution is -2.41. The SMILES string of the molecule is COc1nccc2cc(B3OC(C)(C)C(C)(C)O3)c(F)cc12. The maximum absolute atomic E-state index is 14.5. The number of pyridine rings is 1. The van der Waals surface area contributed by atoms with Gasteiger partial charge in [-0.05, 0) is 45.2 Å². The molecule has 1 fully saturated rings. The zero-order valence-electron chi connectivity index (χ0n) is 13.4. The Morgan fingerprint density at radius 2 is 1.77 bits per heavy atom. The fraction of sp³-hybridized carbons (Fsp3) is 0.438. The quantitative estimate of drug-likeness (QED) is 0.800. The van der Waals surface area contributed by atoms with Crippen LogP contribution in [-0.2, 0) is 9.31 Å². The molecule has 1 aliphatic heterocycles. The monoisotopic (exact) mass is 303 g/mol. The van der Waals surface area contributed by atoms with Crippen LogP contribution in [-0.4, -0.2) is 30.4 Å². The van der Waals surface area contributed by atoms with Gasteiger partial charge in [-0.15, -0.1) is 0 Å². The highest BCUT2D eigenvalue weighted by atomic mass is 19.1. The summed E-state index contributed by atoms with van der Waals surface area (Å²) in [5, 5.41) is 1.46. The molecule has 2 aromatic rings. The van der Waals surface area contributed by atoms with Crippen LogP contribution in [0.5, 0.6) is 5.88 Å². The van der Waals surface area contributed by atoms with Gasteiger partial charge in [0, 0.05) is 17.0 Å². The molecule has 2 heterocycles. The number of halogens is 1. The second kappa shape index (κ2) is 4.93. The van der Waals surface area contributed by atoms with Crippen LogP contribution in [0.3, 0.4) is 0 Å². The zero-order chi connectivity index (χ0) is 16.1. The molecule has 1 aromatic heterocycles. The second-order valence-electron chi connectivity index (χ2n) is 6.50. The average molecular weight is 303 g/mol. The summed E-state index contributed by atoms with van der Waals surface area (Å²) in [6.45, 7) is 7.77. The first-order valence-corrected chi connectivity index (χ1v) is 7.23. The predicted octanol–water partition coefficient (Wildman–Crippen LogP) is 2.68. The largest absolute Gasteiger partial charge is 0.497 e. The Hall–Kier alpha value is -1.66. The summed E-state index contributed by atoms with van der Waals surface area (Å²) in [5.74, 6) is 0.00849. The van der Waals surface area contributed by atoms with Gasteiger partial charge in [0.05, 0.1) is 18.3 Å². The highest BCUT2D eigenvalue weighted by molar-refractivity contribution is 6.62. The van der Waals surface area contributed by atoms with E-state index in [1.54, 1.807) is 12.3 Å². The van der Waals surface area contributed by atoms with Crippen molar-refractivity contribution >= 4 is 23.4 Å². The van der Waals surface area contributed by atoms with Gasteiger partial charge in [-0.2, -0.15) is 0 Å². The molecule has 116 valence electrons. The molecule has 0 unspecified atom stereocenters. The lowest BCUT2D eigenvalue weighted by atomic mass is 9.78. The summed E-state index contributed by atoms with van der Waals surface area (Å²) < 4.78 is 31.6. The third-order valence-electron chi connectivity index (χ3n) is 4.55. The minimum atomic E-state index is -0.728. The van der Waals surface area contributed by atoms with E-state index in [9.17, 15) is 4.39 Å². The topological polar surface area (TPSA) is 40.6 Å². The summed E-state index contributed by atoms with van der Waals surface area (Å²) >= 11 is 0. The van der Waals surface area contributed by atoms with E-state index >= 15 is 0 Å². The van der Waals surface area contributed by atoms with Crippen LogP contribution in [0.25, 0.3) is 10.8 Å². The summed E-state index contributed by atoms with van der Waals surface area (Å²) in [6, 6.07) is 4.96. The summed E-state index contributed by atoms with van der Waals surface area (Å²) in [5.41, 5.74) is -0.622. The zero-order valence-corrected chi connectivity index (χ0v) is 13.4. The second-order valence-corrected chi connectivity index (χ2v) is 6.50. The van der Waals surface area contributed by atoms with Crippen molar-refractivity contribution in [3.8, 4) is 5.88 Å². The number of nitrogens with zero attached hydrogens (tertiary/aromatic N) is 1. The number of hydrogen-bond acceptors (Lipinski definition) is 4. The molecular formula is C16H19BFNO3. The maximum atomic E-state index is 14.5. The highest BCUT2D eigenvalue weighted by Crippen LogP contribution is 2.37. The minimum absolute atomic E-state index is 0.388. The summed E-state index contributed by atoms with van der Waals surface area (Å²) in [6.07, 6.45) is 1.63. The molecule has 0 radical (unpaired) electrons. The maximum Gasteiger partial charge on any atom is 0.497 e. The molecule has 4 nitrogen and oxygen atoms in total. The van der Waals surface area contributed by atoms with E-state index in [2.05, 4.69) is 4.98 Å². The third-order valence-corrected chi connectivity index (χ3v) is 4.55. The Morgan fingerprint density at radius 1 is 1.14 bits per heavy atom. The molecule has 0 spiro atoms. The van der Waals surface area contributed by atoms with Crippen LogP contribution >= 0.6 is 0 Å². The summed E-state index contributed by atoms with van der Waals surface area (Å²) in [4.78, 5) is 4.09. The van der Waals surface area contributed by atoms with E-state index in [1.165, 1.54) is 13.2 Å². The van der Waals surface area contributed by atoms with Crippen molar-refractivity contribution < 1.29 is 18.4 Å². The molecule has 1 aliphatic rings. The van der Waals surface area contributed by atoms with Gasteiger partial charge in [0.2, 0.25) is 5.88 Å². The first-order chi connectivity index (χ1) is 10.2. The normalized spacial score (nSPS) is 19.6. The van der Waals surface area contributed by atoms with E-state index in [-0.39, 0.29) is 0 Å². The van der Waals surface area contributed by atoms with Crippen LogP contribution in [0, 0.1) is 5.82 Å². The lowest BCUT2D eigenvalue weighted by molar-refractivity contribution is 0.00578. The van der Waals surface area contributed by atoms with Crippen molar-refractivity contribution in [2.75, 3.05) is 7.11 Å². The molecule has 0 amide bonds. The number of ether oxygens (including phenoxy) is 1. The molecule has 0 bridgehead atoms. The van der Waals surface area contributed by atoms with Crippen molar-refractivity contribution in [3.05, 3.63) is 30.2 Å².